The molecule has 156 valence electrons. The summed E-state index contributed by atoms with van der Waals surface area (Å²) < 4.78 is 12.6. The van der Waals surface area contributed by atoms with E-state index in [-0.39, 0.29) is 11.7 Å². The number of anilines is 1. The summed E-state index contributed by atoms with van der Waals surface area (Å²) in [5, 5.41) is 11.5. The summed E-state index contributed by atoms with van der Waals surface area (Å²) in [6.45, 7) is 0. The smallest absolute Gasteiger partial charge is 0.276 e. The lowest BCUT2D eigenvalue weighted by Crippen LogP contribution is -2.29. The fourth-order valence-electron chi connectivity index (χ4n) is 4.54. The number of hydrogen-bond acceptors (Lipinski definition) is 4. The Bertz CT molecular complexity index is 1320. The first-order chi connectivity index (χ1) is 15.0. The number of fused-ring (bicyclic) bond motifs is 3. The van der Waals surface area contributed by atoms with Gasteiger partial charge in [0.1, 0.15) is 11.4 Å². The minimum Gasteiger partial charge on any atom is -0.504 e. The molecule has 0 saturated heterocycles. The molecule has 0 aliphatic carbocycles. The van der Waals surface area contributed by atoms with Crippen LogP contribution in [0.4, 0.5) is 5.69 Å². The van der Waals surface area contributed by atoms with E-state index in [0.717, 1.165) is 27.7 Å². The van der Waals surface area contributed by atoms with Crippen LogP contribution in [-0.4, -0.2) is 29.8 Å². The fraction of sp³-hybridized carbons (Fsp3) is 0.160. The molecule has 6 nitrogen and oxygen atoms in total. The number of methoxy groups -OCH3 is 2. The van der Waals surface area contributed by atoms with E-state index >= 15 is 0 Å². The Morgan fingerprint density at radius 2 is 1.74 bits per heavy atom. The van der Waals surface area contributed by atoms with Crippen LogP contribution in [0.25, 0.3) is 10.9 Å². The predicted octanol–water partition coefficient (Wildman–Crippen LogP) is 4.65. The molecular formula is C25H22N2O4. The number of carbonyl (C=O) groups excluding carboxylic acids is 1. The van der Waals surface area contributed by atoms with Crippen molar-refractivity contribution in [2.45, 2.75) is 6.04 Å². The lowest BCUT2D eigenvalue weighted by Gasteiger charge is -2.27. The van der Waals surface area contributed by atoms with E-state index in [0.29, 0.717) is 17.2 Å². The Balaban J connectivity index is 1.79. The highest BCUT2D eigenvalue weighted by Gasteiger charge is 2.43. The summed E-state index contributed by atoms with van der Waals surface area (Å²) in [7, 11) is 5.03. The standard InChI is InChI=1S/C25H22N2O4/c1-26-19-10-5-4-9-18(19)22-23(15-11-12-21(31-3)20(28)13-15)27(25(29)24(22)26)16-7-6-8-17(14-16)30-2/h4-14,23,28H,1-3H3/t23-/m1/s1. The Hall–Kier alpha value is -3.93. The average Bonchev–Trinajstić information content (AvgIpc) is 3.26. The van der Waals surface area contributed by atoms with Gasteiger partial charge in [0.05, 0.1) is 20.3 Å². The third-order valence-corrected chi connectivity index (χ3v) is 5.95. The number of carbonyl (C=O) groups is 1. The van der Waals surface area contributed by atoms with Gasteiger partial charge in [0.2, 0.25) is 0 Å². The van der Waals surface area contributed by atoms with Gasteiger partial charge in [0.25, 0.3) is 5.91 Å². The van der Waals surface area contributed by atoms with Crippen LogP contribution >= 0.6 is 0 Å². The monoisotopic (exact) mass is 414 g/mol. The number of ether oxygens (including phenoxy) is 2. The second-order valence-corrected chi connectivity index (χ2v) is 7.55. The minimum absolute atomic E-state index is 0.0340. The van der Waals surface area contributed by atoms with Gasteiger partial charge in [-0.2, -0.15) is 0 Å². The van der Waals surface area contributed by atoms with Crippen LogP contribution in [0.15, 0.2) is 66.7 Å². The maximum absolute atomic E-state index is 13.8. The number of phenols is 1. The molecule has 0 saturated carbocycles. The van der Waals surface area contributed by atoms with Gasteiger partial charge in [0.15, 0.2) is 11.5 Å². The molecule has 1 aliphatic heterocycles. The van der Waals surface area contributed by atoms with Gasteiger partial charge in [-0.3, -0.25) is 9.69 Å². The number of phenolic OH excluding ortho intramolecular Hbond substituents is 1. The Labute approximate surface area is 179 Å². The van der Waals surface area contributed by atoms with Gasteiger partial charge in [-0.15, -0.1) is 0 Å². The second-order valence-electron chi connectivity index (χ2n) is 7.55. The number of aromatic nitrogens is 1. The minimum atomic E-state index is -0.405. The van der Waals surface area contributed by atoms with Crippen LogP contribution in [0.1, 0.15) is 27.7 Å². The zero-order chi connectivity index (χ0) is 21.7. The summed E-state index contributed by atoms with van der Waals surface area (Å²) in [6.07, 6.45) is 0. The highest BCUT2D eigenvalue weighted by Crippen LogP contribution is 2.47. The van der Waals surface area contributed by atoms with Crippen LogP contribution in [0.5, 0.6) is 17.2 Å². The maximum atomic E-state index is 13.8. The van der Waals surface area contributed by atoms with E-state index in [1.54, 1.807) is 24.1 Å². The SMILES string of the molecule is COc1cccc(N2C(=O)c3c(c4ccccc4n3C)[C@H]2c2ccc(OC)c(O)c2)c1. The molecule has 0 radical (unpaired) electrons. The first-order valence-corrected chi connectivity index (χ1v) is 9.97. The zero-order valence-corrected chi connectivity index (χ0v) is 17.5. The van der Waals surface area contributed by atoms with E-state index in [1.165, 1.54) is 7.11 Å². The third-order valence-electron chi connectivity index (χ3n) is 5.95. The van der Waals surface area contributed by atoms with Crippen LogP contribution in [0, 0.1) is 0 Å². The Morgan fingerprint density at radius 1 is 0.935 bits per heavy atom. The molecule has 4 aromatic rings. The number of rotatable bonds is 4. The average molecular weight is 414 g/mol. The molecule has 0 bridgehead atoms. The summed E-state index contributed by atoms with van der Waals surface area (Å²) in [5.74, 6) is 0.996. The van der Waals surface area contributed by atoms with E-state index in [4.69, 9.17) is 9.47 Å². The van der Waals surface area contributed by atoms with Crippen LogP contribution < -0.4 is 14.4 Å². The van der Waals surface area contributed by atoms with Crippen molar-refractivity contribution >= 4 is 22.5 Å². The zero-order valence-electron chi connectivity index (χ0n) is 17.5. The van der Waals surface area contributed by atoms with Crippen molar-refractivity contribution in [3.63, 3.8) is 0 Å². The molecule has 5 rings (SSSR count). The molecule has 6 heteroatoms. The number of para-hydroxylation sites is 1. The highest BCUT2D eigenvalue weighted by atomic mass is 16.5. The molecule has 1 amide bonds. The molecule has 2 heterocycles. The van der Waals surface area contributed by atoms with Gasteiger partial charge in [-0.05, 0) is 35.9 Å². The first kappa shape index (κ1) is 19.1. The van der Waals surface area contributed by atoms with Crippen molar-refractivity contribution in [2.75, 3.05) is 19.1 Å². The van der Waals surface area contributed by atoms with Crippen molar-refractivity contribution < 1.29 is 19.4 Å². The van der Waals surface area contributed by atoms with E-state index in [2.05, 4.69) is 0 Å². The number of aryl methyl sites for hydroxylation is 1. The van der Waals surface area contributed by atoms with Gasteiger partial charge in [-0.25, -0.2) is 0 Å². The number of hydrogen-bond donors (Lipinski definition) is 1. The number of benzene rings is 3. The predicted molar refractivity (Wildman–Crippen MR) is 119 cm³/mol. The van der Waals surface area contributed by atoms with Crippen LogP contribution in [-0.2, 0) is 7.05 Å². The summed E-state index contributed by atoms with van der Waals surface area (Å²) in [5.41, 5.74) is 4.09. The molecule has 31 heavy (non-hydrogen) atoms. The molecule has 1 aliphatic rings. The topological polar surface area (TPSA) is 63.9 Å². The van der Waals surface area contributed by atoms with Gasteiger partial charge >= 0.3 is 0 Å². The van der Waals surface area contributed by atoms with Crippen molar-refractivity contribution in [2.24, 2.45) is 7.05 Å². The summed E-state index contributed by atoms with van der Waals surface area (Å²) in [6, 6.07) is 20.3. The second kappa shape index (κ2) is 7.09. The van der Waals surface area contributed by atoms with E-state index in [9.17, 15) is 9.90 Å². The Morgan fingerprint density at radius 3 is 2.48 bits per heavy atom. The third kappa shape index (κ3) is 2.75. The van der Waals surface area contributed by atoms with Crippen molar-refractivity contribution in [1.29, 1.82) is 0 Å². The fourth-order valence-corrected chi connectivity index (χ4v) is 4.54. The van der Waals surface area contributed by atoms with Crippen LogP contribution in [0.3, 0.4) is 0 Å². The molecule has 0 spiro atoms. The van der Waals surface area contributed by atoms with Gasteiger partial charge < -0.3 is 19.1 Å². The van der Waals surface area contributed by atoms with Gasteiger partial charge in [0, 0.05) is 35.3 Å². The van der Waals surface area contributed by atoms with E-state index < -0.39 is 6.04 Å². The highest BCUT2D eigenvalue weighted by molar-refractivity contribution is 6.15. The molecular weight excluding hydrogens is 392 g/mol. The largest absolute Gasteiger partial charge is 0.504 e. The molecule has 1 aromatic heterocycles. The van der Waals surface area contributed by atoms with E-state index in [1.807, 2.05) is 66.2 Å². The molecule has 1 N–H and O–H groups in total. The molecule has 0 fully saturated rings. The van der Waals surface area contributed by atoms with Crippen molar-refractivity contribution in [1.82, 2.24) is 4.57 Å². The van der Waals surface area contributed by atoms with Crippen molar-refractivity contribution in [3.05, 3.63) is 83.6 Å². The quantitative estimate of drug-likeness (QED) is 0.528. The first-order valence-electron chi connectivity index (χ1n) is 9.97. The lowest BCUT2D eigenvalue weighted by atomic mass is 9.97. The van der Waals surface area contributed by atoms with Gasteiger partial charge in [-0.1, -0.05) is 30.3 Å². The lowest BCUT2D eigenvalue weighted by molar-refractivity contribution is 0.0986. The summed E-state index contributed by atoms with van der Waals surface area (Å²) in [4.78, 5) is 15.5. The molecule has 0 unspecified atom stereocenters. The number of amides is 1. The van der Waals surface area contributed by atoms with Crippen molar-refractivity contribution in [3.8, 4) is 17.2 Å². The van der Waals surface area contributed by atoms with Crippen LogP contribution in [0.2, 0.25) is 0 Å². The molecule has 1 atom stereocenters. The maximum Gasteiger partial charge on any atom is 0.276 e. The Kier molecular flexibility index (Phi) is 4.36. The number of aromatic hydroxyl groups is 1. The number of nitrogens with zero attached hydrogens (tertiary/aromatic N) is 2. The molecule has 3 aromatic carbocycles. The summed E-state index contributed by atoms with van der Waals surface area (Å²) >= 11 is 0. The normalized spacial score (nSPS) is 15.4.